The number of benzene rings is 2. The topological polar surface area (TPSA) is 57.3 Å². The van der Waals surface area contributed by atoms with Crippen LogP contribution in [0.15, 0.2) is 59.3 Å². The van der Waals surface area contributed by atoms with Crippen molar-refractivity contribution in [1.82, 2.24) is 9.55 Å². The van der Waals surface area contributed by atoms with E-state index in [4.69, 9.17) is 20.8 Å². The van der Waals surface area contributed by atoms with E-state index >= 15 is 0 Å². The maximum Gasteiger partial charge on any atom is 0.310 e. The molecule has 2 aromatic heterocycles. The molecule has 0 amide bonds. The van der Waals surface area contributed by atoms with Crippen LogP contribution in [0.4, 0.5) is 0 Å². The van der Waals surface area contributed by atoms with E-state index in [9.17, 15) is 4.79 Å². The fourth-order valence-corrected chi connectivity index (χ4v) is 3.40. The van der Waals surface area contributed by atoms with Crippen molar-refractivity contribution in [3.63, 3.8) is 0 Å². The Labute approximate surface area is 173 Å². The monoisotopic (exact) mass is 408 g/mol. The van der Waals surface area contributed by atoms with Crippen molar-refractivity contribution >= 4 is 28.6 Å². The number of carbonyl (C=O) groups excluding carboxylic acids is 1. The second-order valence-electron chi connectivity index (χ2n) is 6.89. The first-order valence-electron chi connectivity index (χ1n) is 9.48. The smallest absolute Gasteiger partial charge is 0.310 e. The molecule has 4 rings (SSSR count). The highest BCUT2D eigenvalue weighted by Gasteiger charge is 2.14. The minimum Gasteiger partial charge on any atom is -0.461 e. The van der Waals surface area contributed by atoms with Crippen LogP contribution in [-0.2, 0) is 29.1 Å². The predicted octanol–water partition coefficient (Wildman–Crippen LogP) is 5.56. The molecular weight excluding hydrogens is 388 g/mol. The summed E-state index contributed by atoms with van der Waals surface area (Å²) in [6.45, 7) is 5.01. The SMILES string of the molecule is CCn1cnc2cc(COC(=O)Cc3cc(-c4ccc(Cl)cc4)oc3C)ccc21. The summed E-state index contributed by atoms with van der Waals surface area (Å²) in [4.78, 5) is 16.7. The van der Waals surface area contributed by atoms with Crippen LogP contribution in [-0.4, -0.2) is 15.5 Å². The van der Waals surface area contributed by atoms with Crippen molar-refractivity contribution in [3.05, 3.63) is 76.8 Å². The van der Waals surface area contributed by atoms with Gasteiger partial charge in [0.05, 0.1) is 23.8 Å². The van der Waals surface area contributed by atoms with E-state index in [2.05, 4.69) is 16.5 Å². The van der Waals surface area contributed by atoms with Gasteiger partial charge in [-0.15, -0.1) is 0 Å². The molecule has 5 nitrogen and oxygen atoms in total. The lowest BCUT2D eigenvalue weighted by Crippen LogP contribution is -2.08. The minimum atomic E-state index is -0.296. The number of rotatable bonds is 6. The largest absolute Gasteiger partial charge is 0.461 e. The van der Waals surface area contributed by atoms with Crippen molar-refractivity contribution in [2.45, 2.75) is 33.4 Å². The first-order valence-corrected chi connectivity index (χ1v) is 9.86. The highest BCUT2D eigenvalue weighted by molar-refractivity contribution is 6.30. The third-order valence-electron chi connectivity index (χ3n) is 4.91. The Bertz CT molecular complexity index is 1160. The third kappa shape index (κ3) is 4.20. The number of ether oxygens (including phenoxy) is 1. The number of hydrogen-bond acceptors (Lipinski definition) is 4. The van der Waals surface area contributed by atoms with Crippen LogP contribution in [0, 0.1) is 6.92 Å². The molecule has 0 fully saturated rings. The number of halogens is 1. The van der Waals surface area contributed by atoms with Crippen LogP contribution in [0.1, 0.15) is 23.8 Å². The number of aryl methyl sites for hydroxylation is 2. The van der Waals surface area contributed by atoms with Crippen LogP contribution in [0.2, 0.25) is 5.02 Å². The van der Waals surface area contributed by atoms with E-state index in [1.165, 1.54) is 0 Å². The number of nitrogens with zero attached hydrogens (tertiary/aromatic N) is 2. The normalized spacial score (nSPS) is 11.1. The molecular formula is C23H21ClN2O3. The first-order chi connectivity index (χ1) is 14.0. The average molecular weight is 409 g/mol. The van der Waals surface area contributed by atoms with Gasteiger partial charge in [0.1, 0.15) is 18.1 Å². The number of imidazole rings is 1. The van der Waals surface area contributed by atoms with Gasteiger partial charge in [0.2, 0.25) is 0 Å². The number of furan rings is 1. The van der Waals surface area contributed by atoms with Gasteiger partial charge < -0.3 is 13.7 Å². The Balaban J connectivity index is 1.40. The molecule has 0 unspecified atom stereocenters. The van der Waals surface area contributed by atoms with Crippen LogP contribution >= 0.6 is 11.6 Å². The van der Waals surface area contributed by atoms with Gasteiger partial charge in [-0.05, 0) is 61.9 Å². The Morgan fingerprint density at radius 3 is 2.72 bits per heavy atom. The molecule has 4 aromatic rings. The summed E-state index contributed by atoms with van der Waals surface area (Å²) in [5.41, 5.74) is 4.62. The molecule has 0 bridgehead atoms. The molecule has 0 aliphatic rings. The Morgan fingerprint density at radius 2 is 1.97 bits per heavy atom. The van der Waals surface area contributed by atoms with E-state index < -0.39 is 0 Å². The minimum absolute atomic E-state index is 0.162. The number of carbonyl (C=O) groups is 1. The van der Waals surface area contributed by atoms with Crippen LogP contribution in [0.3, 0.4) is 0 Å². The summed E-state index contributed by atoms with van der Waals surface area (Å²) in [5, 5.41) is 0.667. The Morgan fingerprint density at radius 1 is 1.17 bits per heavy atom. The standard InChI is InChI=1S/C23H21ClN2O3/c1-3-26-14-25-20-10-16(4-9-21(20)26)13-28-23(27)12-18-11-22(29-15(18)2)17-5-7-19(24)8-6-17/h4-11,14H,3,12-13H2,1-2H3. The lowest BCUT2D eigenvalue weighted by molar-refractivity contribution is -0.144. The average Bonchev–Trinajstić information content (AvgIpc) is 3.30. The van der Waals surface area contributed by atoms with Gasteiger partial charge in [-0.2, -0.15) is 0 Å². The summed E-state index contributed by atoms with van der Waals surface area (Å²) in [6, 6.07) is 15.2. The fraction of sp³-hybridized carbons (Fsp3) is 0.217. The highest BCUT2D eigenvalue weighted by atomic mass is 35.5. The van der Waals surface area contributed by atoms with E-state index in [0.717, 1.165) is 34.3 Å². The maximum atomic E-state index is 12.3. The zero-order valence-electron chi connectivity index (χ0n) is 16.3. The van der Waals surface area contributed by atoms with Gasteiger partial charge in [0.15, 0.2) is 0 Å². The Kier molecular flexibility index (Phi) is 5.41. The zero-order chi connectivity index (χ0) is 20.4. The van der Waals surface area contributed by atoms with Crippen molar-refractivity contribution in [2.75, 3.05) is 0 Å². The lowest BCUT2D eigenvalue weighted by atomic mass is 10.1. The molecule has 0 spiro atoms. The second kappa shape index (κ2) is 8.13. The summed E-state index contributed by atoms with van der Waals surface area (Å²) >= 11 is 5.93. The summed E-state index contributed by atoms with van der Waals surface area (Å²) < 4.78 is 13.3. The van der Waals surface area contributed by atoms with Gasteiger partial charge in [-0.3, -0.25) is 4.79 Å². The summed E-state index contributed by atoms with van der Waals surface area (Å²) in [7, 11) is 0. The molecule has 0 aliphatic heterocycles. The van der Waals surface area contributed by atoms with E-state index in [1.54, 1.807) is 0 Å². The molecule has 0 saturated heterocycles. The predicted molar refractivity (Wildman–Crippen MR) is 113 cm³/mol. The lowest BCUT2D eigenvalue weighted by Gasteiger charge is -2.05. The van der Waals surface area contributed by atoms with E-state index in [0.29, 0.717) is 16.5 Å². The van der Waals surface area contributed by atoms with Crippen molar-refractivity contribution < 1.29 is 13.9 Å². The van der Waals surface area contributed by atoms with Gasteiger partial charge in [0.25, 0.3) is 0 Å². The number of aromatic nitrogens is 2. The molecule has 6 heteroatoms. The van der Waals surface area contributed by atoms with Crippen LogP contribution in [0.25, 0.3) is 22.4 Å². The molecule has 29 heavy (non-hydrogen) atoms. The highest BCUT2D eigenvalue weighted by Crippen LogP contribution is 2.27. The summed E-state index contributed by atoms with van der Waals surface area (Å²) in [5.74, 6) is 1.12. The Hall–Kier alpha value is -3.05. The quantitative estimate of drug-likeness (QED) is 0.392. The maximum absolute atomic E-state index is 12.3. The number of fused-ring (bicyclic) bond motifs is 1. The molecule has 148 valence electrons. The van der Waals surface area contributed by atoms with Crippen LogP contribution in [0.5, 0.6) is 0 Å². The van der Waals surface area contributed by atoms with Crippen molar-refractivity contribution in [2.24, 2.45) is 0 Å². The fourth-order valence-electron chi connectivity index (χ4n) is 3.27. The van der Waals surface area contributed by atoms with Gasteiger partial charge in [-0.25, -0.2) is 4.98 Å². The molecule has 0 aliphatic carbocycles. The molecule has 0 radical (unpaired) electrons. The molecule has 0 N–H and O–H groups in total. The molecule has 2 aromatic carbocycles. The van der Waals surface area contributed by atoms with Gasteiger partial charge in [0, 0.05) is 22.7 Å². The van der Waals surface area contributed by atoms with E-state index in [-0.39, 0.29) is 19.0 Å². The van der Waals surface area contributed by atoms with E-state index in [1.807, 2.05) is 61.8 Å². The number of esters is 1. The van der Waals surface area contributed by atoms with Crippen LogP contribution < -0.4 is 0 Å². The van der Waals surface area contributed by atoms with Crippen molar-refractivity contribution in [1.29, 1.82) is 0 Å². The third-order valence-corrected chi connectivity index (χ3v) is 5.16. The van der Waals surface area contributed by atoms with Crippen molar-refractivity contribution in [3.8, 4) is 11.3 Å². The number of hydrogen-bond donors (Lipinski definition) is 0. The second-order valence-corrected chi connectivity index (χ2v) is 7.33. The molecule has 2 heterocycles. The molecule has 0 saturated carbocycles. The molecule has 0 atom stereocenters. The zero-order valence-corrected chi connectivity index (χ0v) is 17.1. The first kappa shape index (κ1) is 19.3. The van der Waals surface area contributed by atoms with Gasteiger partial charge in [-0.1, -0.05) is 17.7 Å². The van der Waals surface area contributed by atoms with Gasteiger partial charge >= 0.3 is 5.97 Å². The summed E-state index contributed by atoms with van der Waals surface area (Å²) in [6.07, 6.45) is 1.98.